The highest BCUT2D eigenvalue weighted by Gasteiger charge is 2.35. The lowest BCUT2D eigenvalue weighted by molar-refractivity contribution is 0.509. The number of fused-ring (bicyclic) bond motifs is 2. The van der Waals surface area contributed by atoms with E-state index in [1.807, 2.05) is 18.2 Å². The number of pyridine rings is 1. The van der Waals surface area contributed by atoms with Gasteiger partial charge in [0.2, 0.25) is 0 Å². The Labute approximate surface area is 144 Å². The van der Waals surface area contributed by atoms with Crippen LogP contribution in [-0.2, 0) is 0 Å². The minimum atomic E-state index is -0.211. The third kappa shape index (κ3) is 2.40. The third-order valence-corrected chi connectivity index (χ3v) is 5.96. The highest BCUT2D eigenvalue weighted by Crippen LogP contribution is 2.42. The molecule has 0 fully saturated rings. The number of nitrogens with zero attached hydrogens (tertiary/aromatic N) is 2. The molecule has 1 unspecified atom stereocenters. The molecule has 1 atom stereocenters. The Morgan fingerprint density at radius 3 is 2.52 bits per heavy atom. The zero-order chi connectivity index (χ0) is 16.0. The topological polar surface area (TPSA) is 25.2 Å². The lowest BCUT2D eigenvalue weighted by atomic mass is 9.86. The Bertz CT molecular complexity index is 928. The maximum atomic E-state index is 5.02. The first kappa shape index (κ1) is 14.6. The van der Waals surface area contributed by atoms with Gasteiger partial charge in [-0.1, -0.05) is 64.5 Å². The summed E-state index contributed by atoms with van der Waals surface area (Å²) in [5.41, 5.74) is 5.14. The van der Waals surface area contributed by atoms with Gasteiger partial charge < -0.3 is 0 Å². The molecule has 3 heteroatoms. The van der Waals surface area contributed by atoms with Crippen LogP contribution in [0.1, 0.15) is 35.5 Å². The quantitative estimate of drug-likeness (QED) is 0.537. The first-order valence-electron chi connectivity index (χ1n) is 7.76. The summed E-state index contributed by atoms with van der Waals surface area (Å²) in [6, 6.07) is 20.8. The van der Waals surface area contributed by atoms with Gasteiger partial charge in [-0.2, -0.15) is 0 Å². The summed E-state index contributed by atoms with van der Waals surface area (Å²) < 4.78 is 0. The number of aliphatic imine (C=N–C) groups is 1. The van der Waals surface area contributed by atoms with Crippen LogP contribution in [0.4, 0.5) is 0 Å². The summed E-state index contributed by atoms with van der Waals surface area (Å²) in [4.78, 5) is 10.1. The molecule has 3 aromatic rings. The molecule has 2 aromatic carbocycles. The molecule has 0 amide bonds. The zero-order valence-corrected chi connectivity index (χ0v) is 14.7. The van der Waals surface area contributed by atoms with Crippen LogP contribution in [0, 0.1) is 0 Å². The van der Waals surface area contributed by atoms with E-state index >= 15 is 0 Å². The minimum Gasteiger partial charge on any atom is -0.275 e. The van der Waals surface area contributed by atoms with Gasteiger partial charge in [-0.25, -0.2) is 4.98 Å². The molecule has 23 heavy (non-hydrogen) atoms. The van der Waals surface area contributed by atoms with Crippen LogP contribution in [0.15, 0.2) is 65.7 Å². The van der Waals surface area contributed by atoms with Gasteiger partial charge in [-0.3, -0.25) is 4.99 Å². The van der Waals surface area contributed by atoms with Crippen molar-refractivity contribution >= 4 is 32.5 Å². The van der Waals surface area contributed by atoms with E-state index in [2.05, 4.69) is 72.2 Å². The van der Waals surface area contributed by atoms with E-state index in [1.165, 1.54) is 5.56 Å². The molecule has 0 bridgehead atoms. The van der Waals surface area contributed by atoms with Crippen LogP contribution in [0.3, 0.4) is 0 Å². The van der Waals surface area contributed by atoms with Crippen molar-refractivity contribution < 1.29 is 0 Å². The fraction of sp³-hybridized carbons (Fsp3) is 0.200. The molecule has 1 aromatic heterocycles. The van der Waals surface area contributed by atoms with Crippen LogP contribution in [0.5, 0.6) is 0 Å². The number of hydrogen-bond acceptors (Lipinski definition) is 2. The second kappa shape index (κ2) is 5.27. The largest absolute Gasteiger partial charge is 0.275 e. The van der Waals surface area contributed by atoms with Gasteiger partial charge >= 0.3 is 0 Å². The van der Waals surface area contributed by atoms with Crippen LogP contribution in [-0.4, -0.2) is 16.2 Å². The van der Waals surface area contributed by atoms with Crippen molar-refractivity contribution in [1.82, 2.24) is 4.98 Å². The average molecular weight is 365 g/mol. The first-order valence-corrected chi connectivity index (χ1v) is 8.67. The van der Waals surface area contributed by atoms with Crippen LogP contribution in [0.25, 0.3) is 10.9 Å². The number of hydrogen-bond donors (Lipinski definition) is 0. The SMILES string of the molecule is CC1(C)N=C(c2ccc3ccccc3n2)c2ccccc2C1Br. The molecule has 114 valence electrons. The van der Waals surface area contributed by atoms with Crippen molar-refractivity contribution in [3.63, 3.8) is 0 Å². The van der Waals surface area contributed by atoms with Crippen molar-refractivity contribution in [1.29, 1.82) is 0 Å². The van der Waals surface area contributed by atoms with E-state index in [1.54, 1.807) is 0 Å². The highest BCUT2D eigenvalue weighted by molar-refractivity contribution is 9.09. The van der Waals surface area contributed by atoms with Gasteiger partial charge in [0.15, 0.2) is 0 Å². The van der Waals surface area contributed by atoms with Crippen molar-refractivity contribution in [3.8, 4) is 0 Å². The Hall–Kier alpha value is -2.00. The summed E-state index contributed by atoms with van der Waals surface area (Å²) >= 11 is 3.82. The first-order chi connectivity index (χ1) is 11.1. The minimum absolute atomic E-state index is 0.204. The Morgan fingerprint density at radius 2 is 1.65 bits per heavy atom. The zero-order valence-electron chi connectivity index (χ0n) is 13.1. The molecule has 0 N–H and O–H groups in total. The standard InChI is InChI=1S/C20H17BrN2/c1-20(2)19(21)15-9-5-4-8-14(15)18(23-20)17-12-11-13-7-3-6-10-16(13)22-17/h3-12,19H,1-2H3. The Morgan fingerprint density at radius 1 is 0.913 bits per heavy atom. The fourth-order valence-corrected chi connectivity index (χ4v) is 3.61. The molecule has 0 spiro atoms. The molecule has 0 aliphatic carbocycles. The van der Waals surface area contributed by atoms with Crippen molar-refractivity contribution in [2.45, 2.75) is 24.2 Å². The van der Waals surface area contributed by atoms with E-state index in [9.17, 15) is 0 Å². The van der Waals surface area contributed by atoms with Crippen LogP contribution < -0.4 is 0 Å². The monoisotopic (exact) mass is 364 g/mol. The fourth-order valence-electron chi connectivity index (χ4n) is 3.11. The van der Waals surface area contributed by atoms with Gasteiger partial charge in [0.1, 0.15) is 0 Å². The summed E-state index contributed by atoms with van der Waals surface area (Å²) in [5, 5.41) is 1.15. The van der Waals surface area contributed by atoms with Gasteiger partial charge in [-0.15, -0.1) is 0 Å². The van der Waals surface area contributed by atoms with Gasteiger partial charge in [-0.05, 0) is 31.5 Å². The third-order valence-electron chi connectivity index (χ3n) is 4.35. The molecule has 1 aliphatic heterocycles. The van der Waals surface area contributed by atoms with Crippen molar-refractivity contribution in [3.05, 3.63) is 77.5 Å². The van der Waals surface area contributed by atoms with Crippen molar-refractivity contribution in [2.24, 2.45) is 4.99 Å². The number of para-hydroxylation sites is 1. The lowest BCUT2D eigenvalue weighted by Gasteiger charge is -2.34. The summed E-state index contributed by atoms with van der Waals surface area (Å²) in [6.45, 7) is 4.31. The van der Waals surface area contributed by atoms with E-state index in [4.69, 9.17) is 9.98 Å². The molecule has 4 rings (SSSR count). The number of aromatic nitrogens is 1. The maximum Gasteiger partial charge on any atom is 0.0913 e. The van der Waals surface area contributed by atoms with Crippen molar-refractivity contribution in [2.75, 3.05) is 0 Å². The Kier molecular flexibility index (Phi) is 3.34. The molecule has 0 saturated heterocycles. The number of rotatable bonds is 1. The predicted molar refractivity (Wildman–Crippen MR) is 99.6 cm³/mol. The van der Waals surface area contributed by atoms with Gasteiger partial charge in [0, 0.05) is 10.9 Å². The number of halogens is 1. The summed E-state index contributed by atoms with van der Waals surface area (Å²) in [5.74, 6) is 0. The van der Waals surface area contributed by atoms with E-state index < -0.39 is 0 Å². The van der Waals surface area contributed by atoms with Gasteiger partial charge in [0.05, 0.1) is 27.3 Å². The maximum absolute atomic E-state index is 5.02. The molecule has 1 aliphatic rings. The molecule has 2 nitrogen and oxygen atoms in total. The number of alkyl halides is 1. The number of benzene rings is 2. The van der Waals surface area contributed by atoms with Crippen LogP contribution in [0.2, 0.25) is 0 Å². The normalized spacial score (nSPS) is 19.3. The Balaban J connectivity index is 1.95. The average Bonchev–Trinajstić information content (AvgIpc) is 2.58. The molecule has 2 heterocycles. The smallest absolute Gasteiger partial charge is 0.0913 e. The second-order valence-corrected chi connectivity index (χ2v) is 7.37. The van der Waals surface area contributed by atoms with E-state index in [0.29, 0.717) is 0 Å². The second-order valence-electron chi connectivity index (χ2n) is 6.45. The predicted octanol–water partition coefficient (Wildman–Crippen LogP) is 5.30. The molecular weight excluding hydrogens is 348 g/mol. The van der Waals surface area contributed by atoms with E-state index in [0.717, 1.165) is 27.9 Å². The molecular formula is C20H17BrN2. The molecule has 0 radical (unpaired) electrons. The van der Waals surface area contributed by atoms with Crippen LogP contribution >= 0.6 is 15.9 Å². The summed E-state index contributed by atoms with van der Waals surface area (Å²) in [6.07, 6.45) is 0. The lowest BCUT2D eigenvalue weighted by Crippen LogP contribution is -2.31. The van der Waals surface area contributed by atoms with E-state index in [-0.39, 0.29) is 10.4 Å². The summed E-state index contributed by atoms with van der Waals surface area (Å²) in [7, 11) is 0. The van der Waals surface area contributed by atoms with Gasteiger partial charge in [0.25, 0.3) is 0 Å². The highest BCUT2D eigenvalue weighted by atomic mass is 79.9. The molecule has 0 saturated carbocycles.